The van der Waals surface area contributed by atoms with Gasteiger partial charge in [0.25, 0.3) is 0 Å². The molecule has 1 saturated heterocycles. The minimum atomic E-state index is 0.746. The number of anilines is 1. The Balaban J connectivity index is 1.91. The molecule has 3 heteroatoms. The largest absolute Gasteiger partial charge is 0.385 e. The van der Waals surface area contributed by atoms with Crippen LogP contribution in [0, 0.1) is 24.2 Å². The summed E-state index contributed by atoms with van der Waals surface area (Å²) in [6.07, 6.45) is 1.28. The lowest BCUT2D eigenvalue weighted by Gasteiger charge is -2.13. The van der Waals surface area contributed by atoms with Crippen LogP contribution >= 0.6 is 0 Å². The van der Waals surface area contributed by atoms with Crippen LogP contribution in [0.4, 0.5) is 5.69 Å². The van der Waals surface area contributed by atoms with Gasteiger partial charge in [0, 0.05) is 18.8 Å². The average molecular weight is 229 g/mol. The van der Waals surface area contributed by atoms with E-state index in [1.165, 1.54) is 19.5 Å². The maximum atomic E-state index is 8.87. The second-order valence-electron chi connectivity index (χ2n) is 4.94. The van der Waals surface area contributed by atoms with E-state index in [9.17, 15) is 0 Å². The second kappa shape index (κ2) is 5.20. The molecule has 1 unspecified atom stereocenters. The van der Waals surface area contributed by atoms with Crippen molar-refractivity contribution in [2.75, 3.05) is 32.0 Å². The Hall–Kier alpha value is -1.53. The molecule has 0 bridgehead atoms. The minimum Gasteiger partial charge on any atom is -0.385 e. The van der Waals surface area contributed by atoms with E-state index in [4.69, 9.17) is 5.26 Å². The molecule has 3 nitrogen and oxygen atoms in total. The molecule has 1 fully saturated rings. The van der Waals surface area contributed by atoms with Crippen LogP contribution in [0.2, 0.25) is 0 Å². The quantitative estimate of drug-likeness (QED) is 0.864. The third-order valence-electron chi connectivity index (χ3n) is 3.43. The predicted octanol–water partition coefficient (Wildman–Crippen LogP) is 2.23. The molecule has 1 heterocycles. The van der Waals surface area contributed by atoms with Gasteiger partial charge in [-0.25, -0.2) is 0 Å². The van der Waals surface area contributed by atoms with Crippen molar-refractivity contribution in [1.82, 2.24) is 4.90 Å². The van der Waals surface area contributed by atoms with Gasteiger partial charge in [0.05, 0.1) is 11.6 Å². The molecule has 0 aliphatic carbocycles. The van der Waals surface area contributed by atoms with Gasteiger partial charge >= 0.3 is 0 Å². The van der Waals surface area contributed by atoms with Crippen LogP contribution in [0.5, 0.6) is 0 Å². The van der Waals surface area contributed by atoms with Crippen molar-refractivity contribution in [3.8, 4) is 6.07 Å². The Morgan fingerprint density at radius 1 is 1.53 bits per heavy atom. The first kappa shape index (κ1) is 11.9. The molecular formula is C14H19N3. The van der Waals surface area contributed by atoms with E-state index in [0.29, 0.717) is 0 Å². The minimum absolute atomic E-state index is 0.746. The van der Waals surface area contributed by atoms with Crippen LogP contribution in [0.25, 0.3) is 0 Å². The van der Waals surface area contributed by atoms with E-state index in [-0.39, 0.29) is 0 Å². The Bertz CT molecular complexity index is 434. The number of rotatable bonds is 3. The van der Waals surface area contributed by atoms with E-state index in [1.807, 2.05) is 19.1 Å². The van der Waals surface area contributed by atoms with Gasteiger partial charge in [-0.05, 0) is 56.6 Å². The smallest absolute Gasteiger partial charge is 0.0994 e. The van der Waals surface area contributed by atoms with Crippen molar-refractivity contribution in [3.05, 3.63) is 29.3 Å². The Morgan fingerprint density at radius 2 is 2.35 bits per heavy atom. The molecule has 1 aromatic rings. The molecule has 0 radical (unpaired) electrons. The van der Waals surface area contributed by atoms with Gasteiger partial charge in [0.1, 0.15) is 0 Å². The number of benzene rings is 1. The fraction of sp³-hybridized carbons (Fsp3) is 0.500. The van der Waals surface area contributed by atoms with Crippen molar-refractivity contribution in [3.63, 3.8) is 0 Å². The van der Waals surface area contributed by atoms with E-state index in [1.54, 1.807) is 0 Å². The molecule has 17 heavy (non-hydrogen) atoms. The van der Waals surface area contributed by atoms with Gasteiger partial charge in [0.15, 0.2) is 0 Å². The number of likely N-dealkylation sites (tertiary alicyclic amines) is 1. The maximum absolute atomic E-state index is 8.87. The van der Waals surface area contributed by atoms with E-state index >= 15 is 0 Å². The van der Waals surface area contributed by atoms with Gasteiger partial charge < -0.3 is 10.2 Å². The van der Waals surface area contributed by atoms with Gasteiger partial charge in [-0.1, -0.05) is 0 Å². The molecule has 1 N–H and O–H groups in total. The molecular weight excluding hydrogens is 210 g/mol. The van der Waals surface area contributed by atoms with Gasteiger partial charge in [0.2, 0.25) is 0 Å². The third kappa shape index (κ3) is 2.98. The molecule has 0 aromatic heterocycles. The summed E-state index contributed by atoms with van der Waals surface area (Å²) in [5, 5.41) is 12.3. The summed E-state index contributed by atoms with van der Waals surface area (Å²) >= 11 is 0. The zero-order chi connectivity index (χ0) is 12.3. The summed E-state index contributed by atoms with van der Waals surface area (Å²) < 4.78 is 0. The topological polar surface area (TPSA) is 39.1 Å². The zero-order valence-electron chi connectivity index (χ0n) is 10.5. The summed E-state index contributed by atoms with van der Waals surface area (Å²) in [5.74, 6) is 0.746. The Labute approximate surface area is 103 Å². The molecule has 0 saturated carbocycles. The molecule has 1 atom stereocenters. The lowest BCUT2D eigenvalue weighted by atomic mass is 10.1. The van der Waals surface area contributed by atoms with Crippen LogP contribution in [0.15, 0.2) is 18.2 Å². The zero-order valence-corrected chi connectivity index (χ0v) is 10.5. The summed E-state index contributed by atoms with van der Waals surface area (Å²) in [7, 11) is 2.17. The van der Waals surface area contributed by atoms with Crippen LogP contribution in [-0.2, 0) is 0 Å². The van der Waals surface area contributed by atoms with Crippen molar-refractivity contribution in [2.24, 2.45) is 5.92 Å². The van der Waals surface area contributed by atoms with E-state index in [2.05, 4.69) is 29.4 Å². The van der Waals surface area contributed by atoms with E-state index < -0.39 is 0 Å². The third-order valence-corrected chi connectivity index (χ3v) is 3.43. The first-order valence-corrected chi connectivity index (χ1v) is 6.12. The molecule has 0 spiro atoms. The second-order valence-corrected chi connectivity index (χ2v) is 4.94. The summed E-state index contributed by atoms with van der Waals surface area (Å²) in [6.45, 7) is 5.39. The number of nitrogens with zero attached hydrogens (tertiary/aromatic N) is 2. The maximum Gasteiger partial charge on any atom is 0.0994 e. The van der Waals surface area contributed by atoms with Gasteiger partial charge in [-0.15, -0.1) is 0 Å². The van der Waals surface area contributed by atoms with Gasteiger partial charge in [-0.3, -0.25) is 0 Å². The highest BCUT2D eigenvalue weighted by Crippen LogP contribution is 2.18. The summed E-state index contributed by atoms with van der Waals surface area (Å²) in [5.41, 5.74) is 2.92. The molecule has 0 amide bonds. The first-order chi connectivity index (χ1) is 8.19. The molecule has 1 aliphatic rings. The van der Waals surface area contributed by atoms with Crippen LogP contribution in [-0.4, -0.2) is 31.6 Å². The normalized spacial score (nSPS) is 20.2. The fourth-order valence-corrected chi connectivity index (χ4v) is 2.35. The highest BCUT2D eigenvalue weighted by Gasteiger charge is 2.18. The van der Waals surface area contributed by atoms with Crippen molar-refractivity contribution in [1.29, 1.82) is 5.26 Å². The van der Waals surface area contributed by atoms with Crippen LogP contribution in [0.3, 0.4) is 0 Å². The molecule has 2 rings (SSSR count). The highest BCUT2D eigenvalue weighted by atomic mass is 15.1. The SMILES string of the molecule is Cc1cc(NCC2CCN(C)C2)ccc1C#N. The number of nitriles is 1. The number of hydrogen-bond acceptors (Lipinski definition) is 3. The Morgan fingerprint density at radius 3 is 2.94 bits per heavy atom. The van der Waals surface area contributed by atoms with Gasteiger partial charge in [-0.2, -0.15) is 5.26 Å². The monoisotopic (exact) mass is 229 g/mol. The standard InChI is InChI=1S/C14H19N3/c1-11-7-14(4-3-13(11)8-15)16-9-12-5-6-17(2)10-12/h3-4,7,12,16H,5-6,9-10H2,1-2H3. The number of aryl methyl sites for hydroxylation is 1. The van der Waals surface area contributed by atoms with Crippen LogP contribution < -0.4 is 5.32 Å². The lowest BCUT2D eigenvalue weighted by Crippen LogP contribution is -2.19. The molecule has 90 valence electrons. The summed E-state index contributed by atoms with van der Waals surface area (Å²) in [4.78, 5) is 2.37. The van der Waals surface area contributed by atoms with Crippen molar-refractivity contribution in [2.45, 2.75) is 13.3 Å². The molecule has 1 aromatic carbocycles. The highest BCUT2D eigenvalue weighted by molar-refractivity contribution is 5.51. The van der Waals surface area contributed by atoms with Crippen molar-refractivity contribution >= 4 is 5.69 Å². The summed E-state index contributed by atoms with van der Waals surface area (Å²) in [6, 6.07) is 8.12. The number of nitrogens with one attached hydrogen (secondary N) is 1. The van der Waals surface area contributed by atoms with E-state index in [0.717, 1.165) is 29.3 Å². The predicted molar refractivity (Wildman–Crippen MR) is 70.0 cm³/mol. The number of hydrogen-bond donors (Lipinski definition) is 1. The fourth-order valence-electron chi connectivity index (χ4n) is 2.35. The van der Waals surface area contributed by atoms with Crippen molar-refractivity contribution < 1.29 is 0 Å². The first-order valence-electron chi connectivity index (χ1n) is 6.12. The van der Waals surface area contributed by atoms with Crippen LogP contribution in [0.1, 0.15) is 17.5 Å². The Kier molecular flexibility index (Phi) is 3.65. The molecule has 1 aliphatic heterocycles. The average Bonchev–Trinajstić information content (AvgIpc) is 2.73. The lowest BCUT2D eigenvalue weighted by molar-refractivity contribution is 0.399.